The average molecular weight is 186 g/mol. The molecule has 6 heteroatoms. The van der Waals surface area contributed by atoms with E-state index in [0.717, 1.165) is 0 Å². The molecule has 0 aliphatic rings. The topological polar surface area (TPSA) is 68.2 Å². The molecular formula is C6H6N2O3S. The second-order valence-corrected chi connectivity index (χ2v) is 2.44. The summed E-state index contributed by atoms with van der Waals surface area (Å²) >= 11 is 4.75. The molecule has 1 rings (SSSR count). The molecule has 1 aromatic rings. The molecule has 0 saturated heterocycles. The van der Waals surface area contributed by atoms with Crippen molar-refractivity contribution < 1.29 is 9.66 Å². The van der Waals surface area contributed by atoms with E-state index >= 15 is 0 Å². The SMILES string of the molecule is COc1[nH]c(=S)ccc1[N+](=O)[O-]. The summed E-state index contributed by atoms with van der Waals surface area (Å²) < 4.78 is 5.12. The highest BCUT2D eigenvalue weighted by atomic mass is 32.1. The summed E-state index contributed by atoms with van der Waals surface area (Å²) in [6.45, 7) is 0. The molecule has 0 unspecified atom stereocenters. The number of nitrogens with zero attached hydrogens (tertiary/aromatic N) is 1. The van der Waals surface area contributed by atoms with E-state index in [4.69, 9.17) is 17.0 Å². The highest BCUT2D eigenvalue weighted by Gasteiger charge is 2.13. The summed E-state index contributed by atoms with van der Waals surface area (Å²) in [4.78, 5) is 12.4. The first-order valence-electron chi connectivity index (χ1n) is 3.07. The van der Waals surface area contributed by atoms with E-state index in [9.17, 15) is 10.1 Å². The van der Waals surface area contributed by atoms with Gasteiger partial charge in [0.1, 0.15) is 4.64 Å². The Kier molecular flexibility index (Phi) is 2.39. The molecule has 0 aliphatic carbocycles. The van der Waals surface area contributed by atoms with Gasteiger partial charge in [0.15, 0.2) is 0 Å². The Labute approximate surface area is 73.1 Å². The summed E-state index contributed by atoms with van der Waals surface area (Å²) in [5.41, 5.74) is -0.119. The number of hydrogen-bond acceptors (Lipinski definition) is 4. The molecule has 0 fully saturated rings. The number of methoxy groups -OCH3 is 1. The van der Waals surface area contributed by atoms with Crippen LogP contribution in [0.5, 0.6) is 5.88 Å². The fourth-order valence-corrected chi connectivity index (χ4v) is 0.908. The molecule has 0 aliphatic heterocycles. The Morgan fingerprint density at radius 1 is 1.67 bits per heavy atom. The number of rotatable bonds is 2. The minimum Gasteiger partial charge on any atom is -0.477 e. The van der Waals surface area contributed by atoms with E-state index in [1.54, 1.807) is 0 Å². The van der Waals surface area contributed by atoms with Crippen LogP contribution in [0.25, 0.3) is 0 Å². The zero-order chi connectivity index (χ0) is 9.14. The van der Waals surface area contributed by atoms with Crippen molar-refractivity contribution in [3.05, 3.63) is 26.9 Å². The Hall–Kier alpha value is -1.43. The molecule has 0 radical (unpaired) electrons. The number of aromatic amines is 1. The van der Waals surface area contributed by atoms with E-state index in [1.165, 1.54) is 19.2 Å². The van der Waals surface area contributed by atoms with Gasteiger partial charge in [0.2, 0.25) is 0 Å². The zero-order valence-corrected chi connectivity index (χ0v) is 7.05. The van der Waals surface area contributed by atoms with Gasteiger partial charge in [-0.25, -0.2) is 0 Å². The van der Waals surface area contributed by atoms with Crippen molar-refractivity contribution >= 4 is 17.9 Å². The maximum atomic E-state index is 10.4. The quantitative estimate of drug-likeness (QED) is 0.433. The summed E-state index contributed by atoms with van der Waals surface area (Å²) in [5, 5.41) is 10.4. The van der Waals surface area contributed by atoms with E-state index in [2.05, 4.69) is 4.98 Å². The van der Waals surface area contributed by atoms with Gasteiger partial charge in [0.05, 0.1) is 12.0 Å². The minimum atomic E-state index is -0.538. The van der Waals surface area contributed by atoms with E-state index in [-0.39, 0.29) is 11.6 Å². The van der Waals surface area contributed by atoms with Crippen LogP contribution in [0.2, 0.25) is 0 Å². The molecule has 12 heavy (non-hydrogen) atoms. The van der Waals surface area contributed by atoms with Crippen LogP contribution in [0.3, 0.4) is 0 Å². The lowest BCUT2D eigenvalue weighted by atomic mass is 10.4. The second kappa shape index (κ2) is 3.31. The first kappa shape index (κ1) is 8.66. The number of nitrogens with one attached hydrogen (secondary N) is 1. The monoisotopic (exact) mass is 186 g/mol. The first-order valence-corrected chi connectivity index (χ1v) is 3.47. The summed E-state index contributed by atoms with van der Waals surface area (Å²) in [7, 11) is 1.34. The predicted molar refractivity (Wildman–Crippen MR) is 44.8 cm³/mol. The number of aromatic nitrogens is 1. The lowest BCUT2D eigenvalue weighted by Crippen LogP contribution is -1.95. The normalized spacial score (nSPS) is 9.42. The van der Waals surface area contributed by atoms with Crippen molar-refractivity contribution in [1.82, 2.24) is 4.98 Å². The van der Waals surface area contributed by atoms with Crippen LogP contribution in [-0.4, -0.2) is 17.0 Å². The van der Waals surface area contributed by atoms with Gasteiger partial charge in [-0.05, 0) is 6.07 Å². The third kappa shape index (κ3) is 1.59. The summed E-state index contributed by atoms with van der Waals surface area (Å²) in [5.74, 6) is 0.0764. The van der Waals surface area contributed by atoms with Crippen molar-refractivity contribution in [2.24, 2.45) is 0 Å². The van der Waals surface area contributed by atoms with Gasteiger partial charge in [0.25, 0.3) is 5.88 Å². The largest absolute Gasteiger partial charge is 0.477 e. The molecule has 64 valence electrons. The molecule has 0 atom stereocenters. The van der Waals surface area contributed by atoms with Crippen LogP contribution >= 0.6 is 12.2 Å². The van der Waals surface area contributed by atoms with Crippen molar-refractivity contribution in [3.63, 3.8) is 0 Å². The van der Waals surface area contributed by atoms with Crippen LogP contribution in [-0.2, 0) is 0 Å². The second-order valence-electron chi connectivity index (χ2n) is 2.00. The van der Waals surface area contributed by atoms with Crippen LogP contribution in [0.1, 0.15) is 0 Å². The molecule has 1 heterocycles. The van der Waals surface area contributed by atoms with E-state index in [1.807, 2.05) is 0 Å². The molecule has 1 N–H and O–H groups in total. The Morgan fingerprint density at radius 3 is 2.83 bits per heavy atom. The molecule has 5 nitrogen and oxygen atoms in total. The van der Waals surface area contributed by atoms with Gasteiger partial charge in [-0.3, -0.25) is 10.1 Å². The average Bonchev–Trinajstić information content (AvgIpc) is 2.03. The van der Waals surface area contributed by atoms with Gasteiger partial charge in [0, 0.05) is 6.07 Å². The minimum absolute atomic E-state index is 0.0764. The van der Waals surface area contributed by atoms with E-state index < -0.39 is 4.92 Å². The highest BCUT2D eigenvalue weighted by molar-refractivity contribution is 7.71. The smallest absolute Gasteiger partial charge is 0.328 e. The van der Waals surface area contributed by atoms with Crippen LogP contribution in [0.15, 0.2) is 12.1 Å². The van der Waals surface area contributed by atoms with Crippen LogP contribution < -0.4 is 4.74 Å². The van der Waals surface area contributed by atoms with E-state index in [0.29, 0.717) is 4.64 Å². The molecule has 0 bridgehead atoms. The fraction of sp³-hybridized carbons (Fsp3) is 0.167. The van der Waals surface area contributed by atoms with Crippen molar-refractivity contribution in [1.29, 1.82) is 0 Å². The maximum absolute atomic E-state index is 10.4. The summed E-state index contributed by atoms with van der Waals surface area (Å²) in [6, 6.07) is 2.74. The zero-order valence-electron chi connectivity index (χ0n) is 6.23. The lowest BCUT2D eigenvalue weighted by molar-refractivity contribution is -0.386. The molecule has 0 aromatic carbocycles. The Morgan fingerprint density at radius 2 is 2.33 bits per heavy atom. The maximum Gasteiger partial charge on any atom is 0.328 e. The third-order valence-electron chi connectivity index (χ3n) is 1.26. The molecule has 1 aromatic heterocycles. The fourth-order valence-electron chi connectivity index (χ4n) is 0.747. The first-order chi connectivity index (χ1) is 5.65. The van der Waals surface area contributed by atoms with Crippen molar-refractivity contribution in [2.75, 3.05) is 7.11 Å². The van der Waals surface area contributed by atoms with Gasteiger partial charge in [-0.2, -0.15) is 0 Å². The van der Waals surface area contributed by atoms with Gasteiger partial charge < -0.3 is 9.72 Å². The van der Waals surface area contributed by atoms with Crippen molar-refractivity contribution in [3.8, 4) is 5.88 Å². The molecule has 0 spiro atoms. The molecular weight excluding hydrogens is 180 g/mol. The number of ether oxygens (including phenoxy) is 1. The lowest BCUT2D eigenvalue weighted by Gasteiger charge is -1.99. The van der Waals surface area contributed by atoms with Gasteiger partial charge in [-0.1, -0.05) is 12.2 Å². The number of hydrogen-bond donors (Lipinski definition) is 1. The number of H-pyrrole nitrogens is 1. The Balaban J connectivity index is 3.29. The molecule has 0 saturated carbocycles. The molecule has 0 amide bonds. The van der Waals surface area contributed by atoms with Crippen molar-refractivity contribution in [2.45, 2.75) is 0 Å². The van der Waals surface area contributed by atoms with Crippen LogP contribution in [0.4, 0.5) is 5.69 Å². The van der Waals surface area contributed by atoms with Gasteiger partial charge in [-0.15, -0.1) is 0 Å². The third-order valence-corrected chi connectivity index (χ3v) is 1.50. The Bertz CT molecular complexity index is 360. The summed E-state index contributed by atoms with van der Waals surface area (Å²) in [6.07, 6.45) is 0. The standard InChI is InChI=1S/C6H6N2O3S/c1-11-6-4(8(9)10)2-3-5(12)7-6/h2-3H,1H3,(H,7,12). The highest BCUT2D eigenvalue weighted by Crippen LogP contribution is 2.22. The number of pyridine rings is 1. The van der Waals surface area contributed by atoms with Gasteiger partial charge >= 0.3 is 5.69 Å². The number of nitro groups is 1. The van der Waals surface area contributed by atoms with Crippen LogP contribution in [0, 0.1) is 14.8 Å². The predicted octanol–water partition coefficient (Wildman–Crippen LogP) is 1.66.